The number of hydrogen-bond donors (Lipinski definition) is 0. The first-order valence-corrected chi connectivity index (χ1v) is 13.1. The summed E-state index contributed by atoms with van der Waals surface area (Å²) < 4.78 is 0. The molecule has 4 atom stereocenters. The van der Waals surface area contributed by atoms with Crippen LogP contribution in [-0.4, -0.2) is 0 Å². The highest BCUT2D eigenvalue weighted by atomic mass is 14.5. The lowest BCUT2D eigenvalue weighted by Gasteiger charge is -2.47. The SMILES string of the molecule is CCCCCC1CCC([C@H]2CC[C@@H]3C[C@](C#N)(CCCCC)CC[C@@H]3C2)CC1. The zero-order valence-corrected chi connectivity index (χ0v) is 19.1. The maximum atomic E-state index is 9.94. The molecule has 28 heavy (non-hydrogen) atoms. The van der Waals surface area contributed by atoms with Gasteiger partial charge in [-0.15, -0.1) is 0 Å². The fourth-order valence-corrected chi connectivity index (χ4v) is 7.21. The van der Waals surface area contributed by atoms with Crippen molar-refractivity contribution in [3.8, 4) is 6.07 Å². The molecule has 3 rings (SSSR count). The van der Waals surface area contributed by atoms with E-state index in [1.807, 2.05) is 0 Å². The molecule has 160 valence electrons. The average molecular weight is 386 g/mol. The molecule has 0 aromatic rings. The Bertz CT molecular complexity index is 483. The van der Waals surface area contributed by atoms with Crippen LogP contribution >= 0.6 is 0 Å². The first kappa shape index (κ1) is 22.2. The molecule has 0 spiro atoms. The maximum Gasteiger partial charge on any atom is 0.0689 e. The van der Waals surface area contributed by atoms with Gasteiger partial charge < -0.3 is 0 Å². The van der Waals surface area contributed by atoms with E-state index in [2.05, 4.69) is 19.9 Å². The molecular formula is C27H47N. The monoisotopic (exact) mass is 385 g/mol. The summed E-state index contributed by atoms with van der Waals surface area (Å²) in [5.41, 5.74) is 0.0414. The maximum absolute atomic E-state index is 9.94. The molecule has 0 saturated heterocycles. The first-order chi connectivity index (χ1) is 13.7. The van der Waals surface area contributed by atoms with E-state index in [0.29, 0.717) is 0 Å². The summed E-state index contributed by atoms with van der Waals surface area (Å²) >= 11 is 0. The van der Waals surface area contributed by atoms with Gasteiger partial charge in [-0.05, 0) is 87.4 Å². The van der Waals surface area contributed by atoms with Crippen LogP contribution in [0.4, 0.5) is 0 Å². The highest BCUT2D eigenvalue weighted by Gasteiger charge is 2.44. The molecule has 0 heterocycles. The highest BCUT2D eigenvalue weighted by molar-refractivity contribution is 5.04. The zero-order chi connectivity index (χ0) is 19.8. The van der Waals surface area contributed by atoms with Crippen LogP contribution < -0.4 is 0 Å². The molecule has 0 aromatic carbocycles. The smallest absolute Gasteiger partial charge is 0.0689 e. The predicted molar refractivity (Wildman–Crippen MR) is 120 cm³/mol. The summed E-state index contributed by atoms with van der Waals surface area (Å²) in [4.78, 5) is 0. The summed E-state index contributed by atoms with van der Waals surface area (Å²) in [6.45, 7) is 4.60. The summed E-state index contributed by atoms with van der Waals surface area (Å²) in [6.07, 6.45) is 25.1. The van der Waals surface area contributed by atoms with Crippen LogP contribution in [0.1, 0.15) is 129 Å². The average Bonchev–Trinajstić information content (AvgIpc) is 2.74. The molecule has 0 N–H and O–H groups in total. The second-order valence-corrected chi connectivity index (χ2v) is 11.0. The lowest BCUT2D eigenvalue weighted by atomic mass is 9.57. The van der Waals surface area contributed by atoms with Crippen molar-refractivity contribution < 1.29 is 0 Å². The molecule has 0 unspecified atom stereocenters. The molecule has 3 fully saturated rings. The van der Waals surface area contributed by atoms with Crippen molar-refractivity contribution in [3.05, 3.63) is 0 Å². The van der Waals surface area contributed by atoms with Crippen LogP contribution in [0.3, 0.4) is 0 Å². The lowest BCUT2D eigenvalue weighted by molar-refractivity contribution is 0.0378. The van der Waals surface area contributed by atoms with Crippen molar-refractivity contribution in [2.24, 2.45) is 35.0 Å². The van der Waals surface area contributed by atoms with Gasteiger partial charge in [0.1, 0.15) is 0 Å². The van der Waals surface area contributed by atoms with Gasteiger partial charge >= 0.3 is 0 Å². The Morgan fingerprint density at radius 1 is 0.750 bits per heavy atom. The third-order valence-electron chi connectivity index (χ3n) is 9.10. The van der Waals surface area contributed by atoms with Crippen LogP contribution in [0.15, 0.2) is 0 Å². The Labute approximate surface area is 176 Å². The van der Waals surface area contributed by atoms with E-state index in [9.17, 15) is 5.26 Å². The summed E-state index contributed by atoms with van der Waals surface area (Å²) in [5, 5.41) is 9.94. The van der Waals surface area contributed by atoms with Crippen molar-refractivity contribution >= 4 is 0 Å². The number of nitrogens with zero attached hydrogens (tertiary/aromatic N) is 1. The molecule has 0 aromatic heterocycles. The third kappa shape index (κ3) is 5.77. The van der Waals surface area contributed by atoms with Gasteiger partial charge in [0.2, 0.25) is 0 Å². The van der Waals surface area contributed by atoms with Gasteiger partial charge in [-0.1, -0.05) is 71.6 Å². The second-order valence-electron chi connectivity index (χ2n) is 11.0. The Balaban J connectivity index is 1.43. The van der Waals surface area contributed by atoms with Crippen LogP contribution in [0.5, 0.6) is 0 Å². The fourth-order valence-electron chi connectivity index (χ4n) is 7.21. The van der Waals surface area contributed by atoms with Crippen LogP contribution in [0.25, 0.3) is 0 Å². The molecule has 3 saturated carbocycles. The minimum absolute atomic E-state index is 0.0414. The van der Waals surface area contributed by atoms with E-state index in [0.717, 1.165) is 29.6 Å². The standard InChI is InChI=1S/C27H47N/c1-3-5-7-9-22-10-12-23(13-11-22)24-14-15-26-20-27(21-28,17-8-6-4-2)18-16-25(26)19-24/h22-26H,3-20H2,1-2H3/t22?,23?,24-,25+,26+,27-/m0/s1. The van der Waals surface area contributed by atoms with Crippen molar-refractivity contribution in [1.82, 2.24) is 0 Å². The molecule has 0 radical (unpaired) electrons. The summed E-state index contributed by atoms with van der Waals surface area (Å²) in [5.74, 6) is 4.93. The molecule has 1 nitrogen and oxygen atoms in total. The van der Waals surface area contributed by atoms with Gasteiger partial charge in [-0.2, -0.15) is 5.26 Å². The second kappa shape index (κ2) is 11.0. The topological polar surface area (TPSA) is 23.8 Å². The molecule has 3 aliphatic rings. The van der Waals surface area contributed by atoms with Crippen molar-refractivity contribution in [2.45, 2.75) is 129 Å². The van der Waals surface area contributed by atoms with Gasteiger partial charge in [-0.3, -0.25) is 0 Å². The van der Waals surface area contributed by atoms with Crippen LogP contribution in [-0.2, 0) is 0 Å². The molecule has 0 aliphatic heterocycles. The van der Waals surface area contributed by atoms with E-state index in [1.165, 1.54) is 116 Å². The number of unbranched alkanes of at least 4 members (excludes halogenated alkanes) is 4. The van der Waals surface area contributed by atoms with E-state index in [1.54, 1.807) is 0 Å². The number of fused-ring (bicyclic) bond motifs is 1. The fraction of sp³-hybridized carbons (Fsp3) is 0.963. The molecular weight excluding hydrogens is 338 g/mol. The number of rotatable bonds is 9. The van der Waals surface area contributed by atoms with E-state index < -0.39 is 0 Å². The Morgan fingerprint density at radius 2 is 1.39 bits per heavy atom. The largest absolute Gasteiger partial charge is 0.198 e. The minimum atomic E-state index is 0.0414. The van der Waals surface area contributed by atoms with Crippen molar-refractivity contribution in [1.29, 1.82) is 5.26 Å². The lowest BCUT2D eigenvalue weighted by Crippen LogP contribution is -2.38. The number of hydrogen-bond acceptors (Lipinski definition) is 1. The molecule has 0 amide bonds. The molecule has 3 aliphatic carbocycles. The Hall–Kier alpha value is -0.510. The van der Waals surface area contributed by atoms with Gasteiger partial charge in [-0.25, -0.2) is 0 Å². The first-order valence-electron chi connectivity index (χ1n) is 13.1. The third-order valence-corrected chi connectivity index (χ3v) is 9.10. The Kier molecular flexibility index (Phi) is 8.74. The van der Waals surface area contributed by atoms with Gasteiger partial charge in [0, 0.05) is 0 Å². The highest BCUT2D eigenvalue weighted by Crippen LogP contribution is 2.53. The Morgan fingerprint density at radius 3 is 2.11 bits per heavy atom. The van der Waals surface area contributed by atoms with E-state index in [4.69, 9.17) is 0 Å². The zero-order valence-electron chi connectivity index (χ0n) is 19.1. The van der Waals surface area contributed by atoms with Crippen LogP contribution in [0, 0.1) is 46.3 Å². The molecule has 0 bridgehead atoms. The van der Waals surface area contributed by atoms with E-state index >= 15 is 0 Å². The van der Waals surface area contributed by atoms with Gasteiger partial charge in [0.15, 0.2) is 0 Å². The summed E-state index contributed by atoms with van der Waals surface area (Å²) in [6, 6.07) is 2.81. The van der Waals surface area contributed by atoms with Gasteiger partial charge in [0.25, 0.3) is 0 Å². The van der Waals surface area contributed by atoms with Crippen molar-refractivity contribution in [3.63, 3.8) is 0 Å². The molecule has 1 heteroatoms. The van der Waals surface area contributed by atoms with E-state index in [-0.39, 0.29) is 5.41 Å². The normalized spacial score (nSPS) is 38.5. The summed E-state index contributed by atoms with van der Waals surface area (Å²) in [7, 11) is 0. The van der Waals surface area contributed by atoms with Gasteiger partial charge in [0.05, 0.1) is 11.5 Å². The van der Waals surface area contributed by atoms with Crippen molar-refractivity contribution in [2.75, 3.05) is 0 Å². The predicted octanol–water partition coefficient (Wildman–Crippen LogP) is 8.68. The number of nitriles is 1. The quantitative estimate of drug-likeness (QED) is 0.364. The minimum Gasteiger partial charge on any atom is -0.198 e. The van der Waals surface area contributed by atoms with Crippen LogP contribution in [0.2, 0.25) is 0 Å².